The van der Waals surface area contributed by atoms with E-state index in [2.05, 4.69) is 5.32 Å². The molecule has 3 aromatic rings. The molecule has 0 bridgehead atoms. The second-order valence-electron chi connectivity index (χ2n) is 8.25. The Morgan fingerprint density at radius 1 is 1.06 bits per heavy atom. The molecule has 1 aliphatic heterocycles. The summed E-state index contributed by atoms with van der Waals surface area (Å²) in [5, 5.41) is 2.93. The first kappa shape index (κ1) is 25.4. The first-order valence-corrected chi connectivity index (χ1v) is 12.9. The van der Waals surface area contributed by atoms with Crippen molar-refractivity contribution in [1.29, 1.82) is 0 Å². The molecule has 8 nitrogen and oxygen atoms in total. The van der Waals surface area contributed by atoms with E-state index in [1.807, 2.05) is 0 Å². The molecule has 186 valence electrons. The van der Waals surface area contributed by atoms with Gasteiger partial charge in [0.2, 0.25) is 11.8 Å². The van der Waals surface area contributed by atoms with Crippen LogP contribution in [-0.4, -0.2) is 43.5 Å². The second kappa shape index (κ2) is 10.1. The van der Waals surface area contributed by atoms with Gasteiger partial charge in [0, 0.05) is 22.6 Å². The fourth-order valence-electron chi connectivity index (χ4n) is 4.10. The van der Waals surface area contributed by atoms with Gasteiger partial charge in [-0.25, -0.2) is 12.7 Å². The molecule has 3 aromatic carbocycles. The highest BCUT2D eigenvalue weighted by molar-refractivity contribution is 7.89. The number of sulfonamides is 1. The Morgan fingerprint density at radius 2 is 1.78 bits per heavy atom. The highest BCUT2D eigenvalue weighted by Crippen LogP contribution is 2.31. The number of carbonyl (C=O) groups excluding carboxylic acids is 3. The average Bonchev–Trinajstić information content (AvgIpc) is 3.27. The Labute approximate surface area is 213 Å². The smallest absolute Gasteiger partial charge is 0.267 e. The minimum atomic E-state index is -4.32. The molecule has 4 rings (SSSR count). The molecule has 1 fully saturated rings. The maximum absolute atomic E-state index is 13.4. The van der Waals surface area contributed by atoms with Crippen molar-refractivity contribution in [3.63, 3.8) is 0 Å². The molecule has 1 heterocycles. The fraction of sp³-hybridized carbons (Fsp3) is 0.192. The van der Waals surface area contributed by atoms with E-state index in [1.165, 1.54) is 43.5 Å². The predicted octanol–water partition coefficient (Wildman–Crippen LogP) is 4.21. The molecule has 0 saturated carbocycles. The summed E-state index contributed by atoms with van der Waals surface area (Å²) < 4.78 is 32.6. The van der Waals surface area contributed by atoms with Crippen LogP contribution < -0.4 is 10.1 Å². The molecule has 2 amide bonds. The Bertz CT molecular complexity index is 1460. The van der Waals surface area contributed by atoms with Crippen LogP contribution in [0.1, 0.15) is 34.3 Å². The van der Waals surface area contributed by atoms with Crippen molar-refractivity contribution in [1.82, 2.24) is 4.31 Å². The number of carbonyl (C=O) groups is 3. The molecule has 0 spiro atoms. The van der Waals surface area contributed by atoms with E-state index in [-0.39, 0.29) is 34.8 Å². The van der Waals surface area contributed by atoms with E-state index in [0.717, 1.165) is 0 Å². The van der Waals surface area contributed by atoms with E-state index in [0.29, 0.717) is 26.2 Å². The van der Waals surface area contributed by atoms with Crippen LogP contribution in [0.25, 0.3) is 0 Å². The molecule has 10 heteroatoms. The van der Waals surface area contributed by atoms with Crippen LogP contribution in [-0.2, 0) is 19.6 Å². The van der Waals surface area contributed by atoms with Crippen LogP contribution in [0.15, 0.2) is 71.6 Å². The highest BCUT2D eigenvalue weighted by atomic mass is 35.5. The Hall–Kier alpha value is -3.69. The van der Waals surface area contributed by atoms with Gasteiger partial charge in [-0.1, -0.05) is 41.9 Å². The van der Waals surface area contributed by atoms with Gasteiger partial charge in [-0.05, 0) is 55.3 Å². The van der Waals surface area contributed by atoms with Gasteiger partial charge in [0.25, 0.3) is 10.0 Å². The Balaban J connectivity index is 1.65. The van der Waals surface area contributed by atoms with Crippen molar-refractivity contribution in [2.24, 2.45) is 0 Å². The minimum absolute atomic E-state index is 0.00852. The molecule has 0 aliphatic carbocycles. The molecule has 1 atom stereocenters. The van der Waals surface area contributed by atoms with Crippen LogP contribution in [0.2, 0.25) is 5.02 Å². The predicted molar refractivity (Wildman–Crippen MR) is 135 cm³/mol. The Morgan fingerprint density at radius 3 is 2.44 bits per heavy atom. The monoisotopic (exact) mass is 526 g/mol. The standard InChI is InChI=1S/C26H23ClN2O6S/c1-16-14-19(9-12-23(16)35-2)36(33,34)29-22(11-13-24(29)30)26(32)28-21-10-8-18(27)15-20(21)25(31)17-6-4-3-5-7-17/h3-10,12,14-15,22H,11,13H2,1-2H3,(H,28,32)/t22-/m1/s1. The van der Waals surface area contributed by atoms with Gasteiger partial charge in [-0.2, -0.15) is 0 Å². The van der Waals surface area contributed by atoms with Crippen molar-refractivity contribution in [2.45, 2.75) is 30.7 Å². The summed E-state index contributed by atoms with van der Waals surface area (Å²) in [6, 6.07) is 15.8. The highest BCUT2D eigenvalue weighted by Gasteiger charge is 2.44. The zero-order chi connectivity index (χ0) is 26.0. The fourth-order valence-corrected chi connectivity index (χ4v) is 5.96. The van der Waals surface area contributed by atoms with Gasteiger partial charge in [-0.3, -0.25) is 14.4 Å². The summed E-state index contributed by atoms with van der Waals surface area (Å²) >= 11 is 6.11. The van der Waals surface area contributed by atoms with Crippen LogP contribution in [0.3, 0.4) is 0 Å². The van der Waals surface area contributed by atoms with Gasteiger partial charge in [0.05, 0.1) is 17.7 Å². The van der Waals surface area contributed by atoms with Gasteiger partial charge in [0.15, 0.2) is 5.78 Å². The summed E-state index contributed by atoms with van der Waals surface area (Å²) in [5.41, 5.74) is 1.27. The SMILES string of the molecule is COc1ccc(S(=O)(=O)N2C(=O)CC[C@@H]2C(=O)Nc2ccc(Cl)cc2C(=O)c2ccccc2)cc1C. The number of nitrogens with one attached hydrogen (secondary N) is 1. The molecule has 0 unspecified atom stereocenters. The summed E-state index contributed by atoms with van der Waals surface area (Å²) in [7, 11) is -2.85. The molecule has 0 radical (unpaired) electrons. The number of rotatable bonds is 7. The number of benzene rings is 3. The normalized spacial score (nSPS) is 15.6. The molecule has 1 aliphatic rings. The first-order valence-electron chi connectivity index (χ1n) is 11.1. The maximum Gasteiger partial charge on any atom is 0.267 e. The number of methoxy groups -OCH3 is 1. The van der Waals surface area contributed by atoms with Crippen molar-refractivity contribution in [2.75, 3.05) is 12.4 Å². The number of anilines is 1. The first-order chi connectivity index (χ1) is 17.1. The number of ketones is 1. The van der Waals surface area contributed by atoms with E-state index >= 15 is 0 Å². The number of hydrogen-bond acceptors (Lipinski definition) is 6. The molecular formula is C26H23ClN2O6S. The van der Waals surface area contributed by atoms with Crippen molar-refractivity contribution in [3.8, 4) is 5.75 Å². The van der Waals surface area contributed by atoms with Crippen LogP contribution in [0, 0.1) is 6.92 Å². The minimum Gasteiger partial charge on any atom is -0.496 e. The second-order valence-corrected chi connectivity index (χ2v) is 10.5. The van der Waals surface area contributed by atoms with E-state index < -0.39 is 27.9 Å². The van der Waals surface area contributed by atoms with Gasteiger partial charge in [-0.15, -0.1) is 0 Å². The zero-order valence-electron chi connectivity index (χ0n) is 19.5. The van der Waals surface area contributed by atoms with E-state index in [9.17, 15) is 22.8 Å². The van der Waals surface area contributed by atoms with Crippen molar-refractivity contribution >= 4 is 44.9 Å². The summed E-state index contributed by atoms with van der Waals surface area (Å²) in [4.78, 5) is 38.9. The molecular weight excluding hydrogens is 504 g/mol. The third kappa shape index (κ3) is 4.84. The molecule has 36 heavy (non-hydrogen) atoms. The lowest BCUT2D eigenvalue weighted by Crippen LogP contribution is -2.45. The van der Waals surface area contributed by atoms with E-state index in [1.54, 1.807) is 37.3 Å². The zero-order valence-corrected chi connectivity index (χ0v) is 21.1. The number of ether oxygens (including phenoxy) is 1. The topological polar surface area (TPSA) is 110 Å². The lowest BCUT2D eigenvalue weighted by molar-refractivity contribution is -0.128. The molecule has 0 aromatic heterocycles. The number of hydrogen-bond donors (Lipinski definition) is 1. The van der Waals surface area contributed by atoms with Crippen molar-refractivity contribution < 1.29 is 27.5 Å². The molecule has 1 N–H and O–H groups in total. The number of amides is 2. The third-order valence-corrected chi connectivity index (χ3v) is 7.97. The Kier molecular flexibility index (Phi) is 7.14. The number of aryl methyl sites for hydroxylation is 1. The summed E-state index contributed by atoms with van der Waals surface area (Å²) in [6.45, 7) is 1.68. The average molecular weight is 527 g/mol. The summed E-state index contributed by atoms with van der Waals surface area (Å²) in [6.07, 6.45) is -0.0997. The lowest BCUT2D eigenvalue weighted by Gasteiger charge is -2.24. The number of nitrogens with zero attached hydrogens (tertiary/aromatic N) is 1. The molecule has 1 saturated heterocycles. The quantitative estimate of drug-likeness (QED) is 0.462. The van der Waals surface area contributed by atoms with Gasteiger partial charge in [0.1, 0.15) is 11.8 Å². The van der Waals surface area contributed by atoms with Crippen LogP contribution in [0.4, 0.5) is 5.69 Å². The van der Waals surface area contributed by atoms with Gasteiger partial charge >= 0.3 is 0 Å². The maximum atomic E-state index is 13.4. The summed E-state index contributed by atoms with van der Waals surface area (Å²) in [5.74, 6) is -1.28. The lowest BCUT2D eigenvalue weighted by atomic mass is 10.0. The van der Waals surface area contributed by atoms with Crippen molar-refractivity contribution in [3.05, 3.63) is 88.4 Å². The van der Waals surface area contributed by atoms with E-state index in [4.69, 9.17) is 16.3 Å². The van der Waals surface area contributed by atoms with Crippen LogP contribution in [0.5, 0.6) is 5.75 Å². The van der Waals surface area contributed by atoms with Crippen LogP contribution >= 0.6 is 11.6 Å². The largest absolute Gasteiger partial charge is 0.496 e. The third-order valence-electron chi connectivity index (χ3n) is 5.91. The number of halogens is 1. The van der Waals surface area contributed by atoms with Gasteiger partial charge < -0.3 is 10.1 Å².